The third-order valence-corrected chi connectivity index (χ3v) is 3.22. The summed E-state index contributed by atoms with van der Waals surface area (Å²) in [5.74, 6) is 0. The van der Waals surface area contributed by atoms with Gasteiger partial charge in [-0.05, 0) is 18.6 Å². The second-order valence-corrected chi connectivity index (χ2v) is 5.28. The maximum Gasteiger partial charge on any atom is 0.0461 e. The van der Waals surface area contributed by atoms with Crippen LogP contribution in [0, 0.1) is 5.41 Å². The molecular formula is C17H21N. The fourth-order valence-corrected chi connectivity index (χ4v) is 2.11. The molecule has 1 N–H and O–H groups in total. The number of nitrogens with one attached hydrogen (secondary N) is 1. The van der Waals surface area contributed by atoms with Gasteiger partial charge >= 0.3 is 0 Å². The predicted octanol–water partition coefficient (Wildman–Crippen LogP) is 5.15. The van der Waals surface area contributed by atoms with Gasteiger partial charge in [0.15, 0.2) is 0 Å². The van der Waals surface area contributed by atoms with E-state index >= 15 is 0 Å². The van der Waals surface area contributed by atoms with Crippen LogP contribution in [0.25, 0.3) is 24.3 Å². The average Bonchev–Trinajstić information content (AvgIpc) is 2.61. The Balaban J connectivity index is 2.56. The summed E-state index contributed by atoms with van der Waals surface area (Å²) in [6, 6.07) is 0. The second-order valence-electron chi connectivity index (χ2n) is 5.28. The number of H-pyrrole nitrogens is 1. The average molecular weight is 239 g/mol. The van der Waals surface area contributed by atoms with Gasteiger partial charge in [0, 0.05) is 27.9 Å². The highest BCUT2D eigenvalue weighted by atomic mass is 14.7. The van der Waals surface area contributed by atoms with Crippen molar-refractivity contribution in [3.05, 3.63) is 47.3 Å². The predicted molar refractivity (Wildman–Crippen MR) is 82.1 cm³/mol. The highest BCUT2D eigenvalue weighted by molar-refractivity contribution is 5.80. The quantitative estimate of drug-likeness (QED) is 0.751. The first-order chi connectivity index (χ1) is 8.57. The minimum atomic E-state index is 0.111. The van der Waals surface area contributed by atoms with Gasteiger partial charge in [0.1, 0.15) is 0 Å². The number of aromatic amines is 1. The fourth-order valence-electron chi connectivity index (χ4n) is 2.11. The lowest BCUT2D eigenvalue weighted by atomic mass is 9.93. The van der Waals surface area contributed by atoms with E-state index < -0.39 is 0 Å². The summed E-state index contributed by atoms with van der Waals surface area (Å²) < 4.78 is 0. The number of fused-ring (bicyclic) bond motifs is 1. The maximum absolute atomic E-state index is 3.88. The van der Waals surface area contributed by atoms with Gasteiger partial charge in [-0.2, -0.15) is 0 Å². The number of aromatic nitrogens is 1. The molecule has 0 fully saturated rings. The van der Waals surface area contributed by atoms with Crippen molar-refractivity contribution in [3.63, 3.8) is 0 Å². The summed E-state index contributed by atoms with van der Waals surface area (Å²) in [6.45, 7) is 10.4. The number of rotatable bonds is 3. The van der Waals surface area contributed by atoms with Crippen LogP contribution < -0.4 is 0 Å². The molecule has 1 aromatic heterocycles. The Morgan fingerprint density at radius 3 is 2.67 bits per heavy atom. The molecule has 94 valence electrons. The van der Waals surface area contributed by atoms with E-state index in [-0.39, 0.29) is 5.41 Å². The SMILES string of the molecule is C=Cc1[nH]c2c(c1/C=C\CC)C=CC(C)(C)C=C2. The summed E-state index contributed by atoms with van der Waals surface area (Å²) in [7, 11) is 0. The minimum absolute atomic E-state index is 0.111. The van der Waals surface area contributed by atoms with Gasteiger partial charge in [0.25, 0.3) is 0 Å². The zero-order valence-corrected chi connectivity index (χ0v) is 11.5. The molecule has 0 bridgehead atoms. The van der Waals surface area contributed by atoms with Crippen LogP contribution in [0.3, 0.4) is 0 Å². The molecule has 0 saturated carbocycles. The Morgan fingerprint density at radius 2 is 2.00 bits per heavy atom. The van der Waals surface area contributed by atoms with E-state index in [1.165, 1.54) is 16.8 Å². The van der Waals surface area contributed by atoms with Crippen LogP contribution in [0.2, 0.25) is 0 Å². The zero-order valence-electron chi connectivity index (χ0n) is 11.5. The van der Waals surface area contributed by atoms with Crippen LogP contribution in [-0.2, 0) is 0 Å². The third kappa shape index (κ3) is 2.40. The second kappa shape index (κ2) is 4.85. The Hall–Kier alpha value is -1.76. The molecule has 0 radical (unpaired) electrons. The van der Waals surface area contributed by atoms with E-state index in [1.54, 1.807) is 0 Å². The van der Waals surface area contributed by atoms with Crippen molar-refractivity contribution < 1.29 is 0 Å². The standard InChI is InChI=1S/C17H21N/c1-5-7-8-13-14-9-11-17(3,4)12-10-16(14)18-15(13)6-2/h6-12,18H,2,5H2,1,3-4H3/b8-7-. The highest BCUT2D eigenvalue weighted by Gasteiger charge is 2.16. The minimum Gasteiger partial charge on any atom is -0.355 e. The van der Waals surface area contributed by atoms with Crippen LogP contribution in [0.4, 0.5) is 0 Å². The Labute approximate surface area is 110 Å². The lowest BCUT2D eigenvalue weighted by Gasteiger charge is -2.12. The molecule has 0 aliphatic heterocycles. The monoisotopic (exact) mass is 239 g/mol. The summed E-state index contributed by atoms with van der Waals surface area (Å²) in [5, 5.41) is 0. The molecule has 1 aliphatic rings. The van der Waals surface area contributed by atoms with Crippen molar-refractivity contribution in [1.82, 2.24) is 4.98 Å². The molecule has 0 amide bonds. The van der Waals surface area contributed by atoms with E-state index in [2.05, 4.69) is 68.8 Å². The molecule has 18 heavy (non-hydrogen) atoms. The first kappa shape index (κ1) is 12.7. The van der Waals surface area contributed by atoms with Crippen molar-refractivity contribution in [2.75, 3.05) is 0 Å². The smallest absolute Gasteiger partial charge is 0.0461 e. The first-order valence-electron chi connectivity index (χ1n) is 6.51. The van der Waals surface area contributed by atoms with Gasteiger partial charge < -0.3 is 4.98 Å². The van der Waals surface area contributed by atoms with Crippen LogP contribution in [0.1, 0.15) is 49.7 Å². The van der Waals surface area contributed by atoms with Gasteiger partial charge in [-0.3, -0.25) is 0 Å². The summed E-state index contributed by atoms with van der Waals surface area (Å²) in [6.07, 6.45) is 16.2. The topological polar surface area (TPSA) is 15.8 Å². The lowest BCUT2D eigenvalue weighted by molar-refractivity contribution is 0.633. The van der Waals surface area contributed by atoms with Gasteiger partial charge in [-0.25, -0.2) is 0 Å². The summed E-state index contributed by atoms with van der Waals surface area (Å²) in [4.78, 5) is 3.43. The van der Waals surface area contributed by atoms with E-state index in [9.17, 15) is 0 Å². The van der Waals surface area contributed by atoms with Crippen LogP contribution in [-0.4, -0.2) is 4.98 Å². The molecule has 1 heteroatoms. The molecular weight excluding hydrogens is 218 g/mol. The molecule has 0 unspecified atom stereocenters. The zero-order chi connectivity index (χ0) is 13.2. The van der Waals surface area contributed by atoms with E-state index in [0.29, 0.717) is 0 Å². The van der Waals surface area contributed by atoms with E-state index in [4.69, 9.17) is 0 Å². The molecule has 0 spiro atoms. The highest BCUT2D eigenvalue weighted by Crippen LogP contribution is 2.31. The number of hydrogen-bond acceptors (Lipinski definition) is 0. The maximum atomic E-state index is 3.88. The summed E-state index contributed by atoms with van der Waals surface area (Å²) >= 11 is 0. The molecule has 1 nitrogen and oxygen atoms in total. The van der Waals surface area contributed by atoms with Crippen LogP contribution in [0.5, 0.6) is 0 Å². The van der Waals surface area contributed by atoms with E-state index in [0.717, 1.165) is 12.1 Å². The third-order valence-electron chi connectivity index (χ3n) is 3.22. The molecule has 1 aliphatic carbocycles. The normalized spacial score (nSPS) is 16.8. The lowest BCUT2D eigenvalue weighted by Crippen LogP contribution is -2.00. The molecule has 0 saturated heterocycles. The van der Waals surface area contributed by atoms with Crippen molar-refractivity contribution in [3.8, 4) is 0 Å². The number of allylic oxidation sites excluding steroid dienone is 3. The van der Waals surface area contributed by atoms with Gasteiger partial charge in [0.05, 0.1) is 0 Å². The van der Waals surface area contributed by atoms with Gasteiger partial charge in [0.2, 0.25) is 0 Å². The molecule has 2 rings (SSSR count). The molecule has 0 aromatic carbocycles. The summed E-state index contributed by atoms with van der Waals surface area (Å²) in [5.41, 5.74) is 4.87. The van der Waals surface area contributed by atoms with Crippen LogP contribution >= 0.6 is 0 Å². The van der Waals surface area contributed by atoms with Gasteiger partial charge in [-0.1, -0.05) is 57.7 Å². The first-order valence-corrected chi connectivity index (χ1v) is 6.51. The van der Waals surface area contributed by atoms with Crippen LogP contribution in [0.15, 0.2) is 24.8 Å². The Bertz CT molecular complexity index is 536. The Kier molecular flexibility index (Phi) is 3.42. The molecule has 1 aromatic rings. The van der Waals surface area contributed by atoms with Crippen molar-refractivity contribution >= 4 is 24.3 Å². The Morgan fingerprint density at radius 1 is 1.28 bits per heavy atom. The largest absolute Gasteiger partial charge is 0.355 e. The van der Waals surface area contributed by atoms with Crippen molar-refractivity contribution in [2.45, 2.75) is 27.2 Å². The van der Waals surface area contributed by atoms with Crippen molar-refractivity contribution in [1.29, 1.82) is 0 Å². The van der Waals surface area contributed by atoms with Crippen molar-refractivity contribution in [2.24, 2.45) is 5.41 Å². The molecule has 1 heterocycles. The van der Waals surface area contributed by atoms with E-state index in [1.807, 2.05) is 6.08 Å². The molecule has 0 atom stereocenters. The number of hydrogen-bond donors (Lipinski definition) is 1. The fraction of sp³-hybridized carbons (Fsp3) is 0.294. The van der Waals surface area contributed by atoms with Gasteiger partial charge in [-0.15, -0.1) is 0 Å².